The Bertz CT molecular complexity index is 688. The highest BCUT2D eigenvalue weighted by atomic mass is 31.2. The SMILES string of the molecule is Nc1nc2c(ncn2COCCO)c(=O)[nH]1.O=P(O)(O)F. The number of hydrogen-bond donors (Lipinski definition) is 5. The van der Waals surface area contributed by atoms with Crippen molar-refractivity contribution in [2.24, 2.45) is 0 Å². The van der Waals surface area contributed by atoms with Gasteiger partial charge in [-0.3, -0.25) is 24.1 Å². The number of imidazole rings is 1. The zero-order valence-corrected chi connectivity index (χ0v) is 11.4. The number of fused-ring (bicyclic) bond motifs is 1. The molecule has 0 unspecified atom stereocenters. The van der Waals surface area contributed by atoms with E-state index in [0.717, 1.165) is 0 Å². The van der Waals surface area contributed by atoms with Crippen LogP contribution in [0.5, 0.6) is 0 Å². The summed E-state index contributed by atoms with van der Waals surface area (Å²) in [6.07, 6.45) is 1.43. The molecule has 2 aromatic rings. The number of aliphatic hydroxyl groups excluding tert-OH is 1. The smallest absolute Gasteiger partial charge is 0.394 e. The van der Waals surface area contributed by atoms with Crippen molar-refractivity contribution in [1.82, 2.24) is 19.5 Å². The van der Waals surface area contributed by atoms with Gasteiger partial charge in [-0.2, -0.15) is 4.98 Å². The topological polar surface area (TPSA) is 177 Å². The molecule has 0 atom stereocenters. The predicted molar refractivity (Wildman–Crippen MR) is 68.8 cm³/mol. The molecule has 0 bridgehead atoms. The number of nitrogens with two attached hydrogens (primary N) is 1. The molecule has 0 radical (unpaired) electrons. The van der Waals surface area contributed by atoms with Gasteiger partial charge in [-0.1, -0.05) is 0 Å². The van der Waals surface area contributed by atoms with Crippen LogP contribution in [0, 0.1) is 0 Å². The zero-order chi connectivity index (χ0) is 16.0. The van der Waals surface area contributed by atoms with Gasteiger partial charge >= 0.3 is 7.91 Å². The lowest BCUT2D eigenvalue weighted by Gasteiger charge is -2.03. The number of nitrogen functional groups attached to an aromatic ring is 1. The van der Waals surface area contributed by atoms with Gasteiger partial charge in [-0.05, 0) is 0 Å². The summed E-state index contributed by atoms with van der Waals surface area (Å²) in [5.41, 5.74) is 5.60. The third-order valence-corrected chi connectivity index (χ3v) is 1.96. The minimum atomic E-state index is -5.14. The normalized spacial score (nSPS) is 11.2. The van der Waals surface area contributed by atoms with Gasteiger partial charge in [0, 0.05) is 0 Å². The summed E-state index contributed by atoms with van der Waals surface area (Å²) in [5.74, 6) is 0.0291. The first-order valence-corrected chi connectivity index (χ1v) is 6.87. The molecule has 13 heteroatoms. The average molecular weight is 325 g/mol. The van der Waals surface area contributed by atoms with E-state index < -0.39 is 7.91 Å². The number of anilines is 1. The Kier molecular flexibility index (Phi) is 5.93. The van der Waals surface area contributed by atoms with Crippen LogP contribution in [0.3, 0.4) is 0 Å². The van der Waals surface area contributed by atoms with Crippen molar-refractivity contribution in [3.63, 3.8) is 0 Å². The Labute approximate surface area is 116 Å². The number of nitrogens with one attached hydrogen (secondary N) is 1. The molecule has 0 aromatic carbocycles. The van der Waals surface area contributed by atoms with Crippen LogP contribution in [0.1, 0.15) is 0 Å². The maximum absolute atomic E-state index is 11.4. The molecule has 2 aromatic heterocycles. The molecule has 0 aliphatic rings. The van der Waals surface area contributed by atoms with E-state index in [9.17, 15) is 8.99 Å². The van der Waals surface area contributed by atoms with Crippen molar-refractivity contribution in [2.75, 3.05) is 18.9 Å². The molecule has 21 heavy (non-hydrogen) atoms. The first-order chi connectivity index (χ1) is 9.72. The molecule has 0 fully saturated rings. The Balaban J connectivity index is 0.000000383. The third-order valence-electron chi connectivity index (χ3n) is 1.96. The summed E-state index contributed by atoms with van der Waals surface area (Å²) >= 11 is 0. The Morgan fingerprint density at radius 1 is 1.52 bits per heavy atom. The highest BCUT2D eigenvalue weighted by Gasteiger charge is 2.08. The van der Waals surface area contributed by atoms with Crippen LogP contribution >= 0.6 is 7.91 Å². The van der Waals surface area contributed by atoms with Crippen molar-refractivity contribution >= 4 is 25.0 Å². The molecule has 0 saturated carbocycles. The number of rotatable bonds is 4. The lowest BCUT2D eigenvalue weighted by atomic mass is 10.5. The zero-order valence-electron chi connectivity index (χ0n) is 10.5. The fourth-order valence-electron chi connectivity index (χ4n) is 1.29. The third kappa shape index (κ3) is 5.97. The van der Waals surface area contributed by atoms with E-state index >= 15 is 0 Å². The van der Waals surface area contributed by atoms with Crippen LogP contribution in [0.2, 0.25) is 0 Å². The molecule has 2 heterocycles. The number of aromatic amines is 1. The van der Waals surface area contributed by atoms with Gasteiger partial charge in [0.25, 0.3) is 5.56 Å². The predicted octanol–water partition coefficient (Wildman–Crippen LogP) is -1.28. The van der Waals surface area contributed by atoms with Gasteiger partial charge < -0.3 is 15.6 Å². The van der Waals surface area contributed by atoms with Crippen LogP contribution < -0.4 is 11.3 Å². The number of aliphatic hydroxyl groups is 1. The van der Waals surface area contributed by atoms with E-state index in [1.54, 1.807) is 0 Å². The Hall–Kier alpha value is -1.85. The maximum Gasteiger partial charge on any atom is 0.507 e. The first kappa shape index (κ1) is 17.2. The van der Waals surface area contributed by atoms with Gasteiger partial charge in [0.15, 0.2) is 11.2 Å². The van der Waals surface area contributed by atoms with Crippen LogP contribution in [0.25, 0.3) is 11.2 Å². The van der Waals surface area contributed by atoms with Crippen LogP contribution in [0.15, 0.2) is 11.1 Å². The van der Waals surface area contributed by atoms with Crippen molar-refractivity contribution < 1.29 is 28.4 Å². The van der Waals surface area contributed by atoms with E-state index in [-0.39, 0.29) is 37.0 Å². The molecule has 0 saturated heterocycles. The molecule has 0 spiro atoms. The second-order valence-corrected chi connectivity index (χ2v) is 4.52. The van der Waals surface area contributed by atoms with E-state index in [0.29, 0.717) is 5.65 Å². The van der Waals surface area contributed by atoms with Crippen LogP contribution in [0.4, 0.5) is 10.1 Å². The molecular formula is C8H13FN5O6P. The van der Waals surface area contributed by atoms with E-state index in [2.05, 4.69) is 15.0 Å². The number of H-pyrrole nitrogens is 1. The molecule has 0 aliphatic carbocycles. The van der Waals surface area contributed by atoms with Gasteiger partial charge in [0.05, 0.1) is 19.5 Å². The van der Waals surface area contributed by atoms with E-state index in [1.165, 1.54) is 10.9 Å². The maximum atomic E-state index is 11.4. The van der Waals surface area contributed by atoms with E-state index in [1.807, 2.05) is 0 Å². The highest BCUT2D eigenvalue weighted by molar-refractivity contribution is 7.45. The van der Waals surface area contributed by atoms with Gasteiger partial charge in [-0.15, -0.1) is 4.20 Å². The monoisotopic (exact) mass is 325 g/mol. The number of ether oxygens (including phenoxy) is 1. The van der Waals surface area contributed by atoms with Crippen molar-refractivity contribution in [3.8, 4) is 0 Å². The minimum absolute atomic E-state index is 0.0291. The summed E-state index contributed by atoms with van der Waals surface area (Å²) in [7, 11) is -5.14. The van der Waals surface area contributed by atoms with Crippen LogP contribution in [-0.4, -0.2) is 47.6 Å². The molecule has 2 rings (SSSR count). The number of hydrogen-bond acceptors (Lipinski definition) is 7. The quantitative estimate of drug-likeness (QED) is 0.338. The standard InChI is InChI=1S/C8H11N5O3.FH2O3P/c9-8-11-6-5(7(15)12-8)10-3-13(6)4-16-2-1-14;1-5(2,3)4/h3,14H,1-2,4H2,(H3,9,11,12,15);(H2,2,3,4). The van der Waals surface area contributed by atoms with E-state index in [4.69, 9.17) is 29.9 Å². The summed E-state index contributed by atoms with van der Waals surface area (Å²) < 4.78 is 25.6. The lowest BCUT2D eigenvalue weighted by molar-refractivity contribution is 0.0499. The Morgan fingerprint density at radius 3 is 2.71 bits per heavy atom. The second-order valence-electron chi connectivity index (χ2n) is 3.57. The van der Waals surface area contributed by atoms with Crippen LogP contribution in [-0.2, 0) is 16.0 Å². The minimum Gasteiger partial charge on any atom is -0.394 e. The molecule has 0 amide bonds. The summed E-state index contributed by atoms with van der Waals surface area (Å²) in [4.78, 5) is 35.5. The molecule has 0 aliphatic heterocycles. The summed E-state index contributed by atoms with van der Waals surface area (Å²) in [6, 6.07) is 0. The summed E-state index contributed by atoms with van der Waals surface area (Å²) in [5, 5.41) is 8.56. The van der Waals surface area contributed by atoms with Crippen molar-refractivity contribution in [2.45, 2.75) is 6.73 Å². The first-order valence-electron chi connectivity index (χ1n) is 5.37. The fraction of sp³-hybridized carbons (Fsp3) is 0.375. The molecule has 6 N–H and O–H groups in total. The molecular weight excluding hydrogens is 312 g/mol. The van der Waals surface area contributed by atoms with Gasteiger partial charge in [-0.25, -0.2) is 9.55 Å². The molecule has 118 valence electrons. The second kappa shape index (κ2) is 7.24. The average Bonchev–Trinajstić information content (AvgIpc) is 2.71. The van der Waals surface area contributed by atoms with Crippen molar-refractivity contribution in [1.29, 1.82) is 0 Å². The number of nitrogens with zero attached hydrogens (tertiary/aromatic N) is 3. The fourth-order valence-corrected chi connectivity index (χ4v) is 1.29. The van der Waals surface area contributed by atoms with Gasteiger partial charge in [0.2, 0.25) is 5.95 Å². The lowest BCUT2D eigenvalue weighted by Crippen LogP contribution is -2.13. The largest absolute Gasteiger partial charge is 0.507 e. The number of halogens is 1. The van der Waals surface area contributed by atoms with Gasteiger partial charge in [0.1, 0.15) is 6.73 Å². The number of aromatic nitrogens is 4. The Morgan fingerprint density at radius 2 is 2.14 bits per heavy atom. The summed E-state index contributed by atoms with van der Waals surface area (Å²) in [6.45, 7) is 0.300. The van der Waals surface area contributed by atoms with Crippen molar-refractivity contribution in [3.05, 3.63) is 16.7 Å². The molecule has 11 nitrogen and oxygen atoms in total. The highest BCUT2D eigenvalue weighted by Crippen LogP contribution is 2.34.